The fourth-order valence-corrected chi connectivity index (χ4v) is 3.68. The smallest absolute Gasteiger partial charge is 0.274 e. The van der Waals surface area contributed by atoms with Crippen molar-refractivity contribution in [2.45, 2.75) is 18.9 Å². The molecule has 4 rings (SSSR count). The van der Waals surface area contributed by atoms with E-state index in [-0.39, 0.29) is 11.9 Å². The molecule has 2 N–H and O–H groups in total. The van der Waals surface area contributed by atoms with Crippen molar-refractivity contribution in [2.75, 3.05) is 20.2 Å². The molecule has 1 unspecified atom stereocenters. The molecule has 7 nitrogen and oxygen atoms in total. The molecule has 3 aromatic rings. The number of hydrogen-bond acceptors (Lipinski definition) is 5. The number of benzene rings is 2. The maximum Gasteiger partial charge on any atom is 0.274 e. The summed E-state index contributed by atoms with van der Waals surface area (Å²) in [4.78, 5) is 14.9. The number of likely N-dealkylation sites (tertiary alicyclic amines) is 1. The molecule has 152 valence electrons. The third-order valence-electron chi connectivity index (χ3n) is 5.30. The number of ether oxygens (including phenoxy) is 1. The van der Waals surface area contributed by atoms with Crippen LogP contribution < -0.4 is 10.5 Å². The summed E-state index contributed by atoms with van der Waals surface area (Å²) in [6.45, 7) is 1.23. The third-order valence-corrected chi connectivity index (χ3v) is 5.30. The molecule has 0 bridgehead atoms. The van der Waals surface area contributed by atoms with E-state index in [2.05, 4.69) is 11.2 Å². The third kappa shape index (κ3) is 3.91. The number of piperidine rings is 1. The predicted octanol–water partition coefficient (Wildman–Crippen LogP) is 2.98. The second-order valence-electron chi connectivity index (χ2n) is 7.37. The summed E-state index contributed by atoms with van der Waals surface area (Å²) < 4.78 is 6.99. The van der Waals surface area contributed by atoms with Gasteiger partial charge in [0.05, 0.1) is 30.1 Å². The summed E-state index contributed by atoms with van der Waals surface area (Å²) in [7, 11) is 1.62. The topological polar surface area (TPSA) is 97.2 Å². The fourth-order valence-electron chi connectivity index (χ4n) is 3.68. The average molecular weight is 401 g/mol. The average Bonchev–Trinajstić information content (AvgIpc) is 3.24. The largest absolute Gasteiger partial charge is 0.497 e. The maximum absolute atomic E-state index is 13.1. The standard InChI is InChI=1S/C23H23N5O2/c1-30-20-10-8-19(9-11-20)28-22(17-6-4-16(14-24)5-7-17)13-21(26-28)23(29)27-12-2-3-18(25)15-27/h4-11,13,18H,2-3,12,15,25H2,1H3. The van der Waals surface area contributed by atoms with Crippen LogP contribution in [0.25, 0.3) is 16.9 Å². The minimum Gasteiger partial charge on any atom is -0.497 e. The van der Waals surface area contributed by atoms with E-state index in [0.717, 1.165) is 35.5 Å². The molecule has 1 saturated heterocycles. The summed E-state index contributed by atoms with van der Waals surface area (Å²) >= 11 is 0. The highest BCUT2D eigenvalue weighted by molar-refractivity contribution is 5.93. The van der Waals surface area contributed by atoms with Gasteiger partial charge in [0.25, 0.3) is 5.91 Å². The highest BCUT2D eigenvalue weighted by atomic mass is 16.5. The maximum atomic E-state index is 13.1. The van der Waals surface area contributed by atoms with Crippen LogP contribution in [0.3, 0.4) is 0 Å². The number of aromatic nitrogens is 2. The lowest BCUT2D eigenvalue weighted by molar-refractivity contribution is 0.0702. The number of hydrogen-bond donors (Lipinski definition) is 1. The number of nitriles is 1. The van der Waals surface area contributed by atoms with Crippen molar-refractivity contribution in [3.8, 4) is 28.8 Å². The van der Waals surface area contributed by atoms with Gasteiger partial charge in [-0.25, -0.2) is 4.68 Å². The van der Waals surface area contributed by atoms with Crippen LogP contribution in [0.5, 0.6) is 5.75 Å². The molecular weight excluding hydrogens is 378 g/mol. The van der Waals surface area contributed by atoms with Crippen molar-refractivity contribution in [2.24, 2.45) is 5.73 Å². The van der Waals surface area contributed by atoms with Crippen LogP contribution in [-0.4, -0.2) is 46.8 Å². The molecular formula is C23H23N5O2. The second-order valence-corrected chi connectivity index (χ2v) is 7.37. The monoisotopic (exact) mass is 401 g/mol. The van der Waals surface area contributed by atoms with Gasteiger partial charge in [0.15, 0.2) is 5.69 Å². The van der Waals surface area contributed by atoms with Crippen LogP contribution in [0.4, 0.5) is 0 Å². The number of carbonyl (C=O) groups is 1. The molecule has 0 spiro atoms. The van der Waals surface area contributed by atoms with Gasteiger partial charge in [-0.15, -0.1) is 0 Å². The number of carbonyl (C=O) groups excluding carboxylic acids is 1. The molecule has 2 heterocycles. The lowest BCUT2D eigenvalue weighted by Crippen LogP contribution is -2.45. The van der Waals surface area contributed by atoms with Gasteiger partial charge in [-0.2, -0.15) is 10.4 Å². The molecule has 1 aliphatic heterocycles. The molecule has 1 amide bonds. The van der Waals surface area contributed by atoms with Crippen LogP contribution in [0.2, 0.25) is 0 Å². The first-order valence-corrected chi connectivity index (χ1v) is 9.89. The number of rotatable bonds is 4. The number of nitrogens with two attached hydrogens (primary N) is 1. The Balaban J connectivity index is 1.76. The Kier molecular flexibility index (Phi) is 5.50. The van der Waals surface area contributed by atoms with Gasteiger partial charge in [-0.3, -0.25) is 4.79 Å². The van der Waals surface area contributed by atoms with Gasteiger partial charge in [-0.05, 0) is 55.3 Å². The molecule has 7 heteroatoms. The van der Waals surface area contributed by atoms with Gasteiger partial charge in [-0.1, -0.05) is 12.1 Å². The van der Waals surface area contributed by atoms with E-state index in [0.29, 0.717) is 24.3 Å². The number of methoxy groups -OCH3 is 1. The summed E-state index contributed by atoms with van der Waals surface area (Å²) in [5.74, 6) is 0.622. The summed E-state index contributed by atoms with van der Waals surface area (Å²) in [6.07, 6.45) is 1.83. The van der Waals surface area contributed by atoms with Gasteiger partial charge in [0.2, 0.25) is 0 Å². The normalized spacial score (nSPS) is 16.2. The lowest BCUT2D eigenvalue weighted by Gasteiger charge is -2.30. The Labute approximate surface area is 175 Å². The van der Waals surface area contributed by atoms with Crippen molar-refractivity contribution in [1.29, 1.82) is 5.26 Å². The van der Waals surface area contributed by atoms with Gasteiger partial charge < -0.3 is 15.4 Å². The van der Waals surface area contributed by atoms with E-state index in [1.54, 1.807) is 34.9 Å². The van der Waals surface area contributed by atoms with E-state index < -0.39 is 0 Å². The highest BCUT2D eigenvalue weighted by Gasteiger charge is 2.25. The van der Waals surface area contributed by atoms with E-state index >= 15 is 0 Å². The van der Waals surface area contributed by atoms with E-state index in [9.17, 15) is 4.79 Å². The highest BCUT2D eigenvalue weighted by Crippen LogP contribution is 2.26. The van der Waals surface area contributed by atoms with Gasteiger partial charge >= 0.3 is 0 Å². The molecule has 30 heavy (non-hydrogen) atoms. The molecule has 0 radical (unpaired) electrons. The van der Waals surface area contributed by atoms with Crippen molar-refractivity contribution < 1.29 is 9.53 Å². The second kappa shape index (κ2) is 8.39. The first-order chi connectivity index (χ1) is 14.6. The van der Waals surface area contributed by atoms with Crippen LogP contribution in [0.1, 0.15) is 28.9 Å². The molecule has 1 aromatic heterocycles. The van der Waals surface area contributed by atoms with Crippen LogP contribution in [0, 0.1) is 11.3 Å². The molecule has 1 atom stereocenters. The van der Waals surface area contributed by atoms with Crippen molar-refractivity contribution in [3.05, 3.63) is 65.9 Å². The number of nitrogens with zero attached hydrogens (tertiary/aromatic N) is 4. The molecule has 1 fully saturated rings. The fraction of sp³-hybridized carbons (Fsp3) is 0.261. The SMILES string of the molecule is COc1ccc(-n2nc(C(=O)N3CCCC(N)C3)cc2-c2ccc(C#N)cc2)cc1. The Bertz CT molecular complexity index is 1080. The first kappa shape index (κ1) is 19.7. The Morgan fingerprint density at radius 1 is 1.20 bits per heavy atom. The zero-order valence-electron chi connectivity index (χ0n) is 16.8. The van der Waals surface area contributed by atoms with Gasteiger partial charge in [0, 0.05) is 24.7 Å². The summed E-state index contributed by atoms with van der Waals surface area (Å²) in [5.41, 5.74) is 9.46. The zero-order chi connectivity index (χ0) is 21.1. The van der Waals surface area contributed by atoms with Crippen molar-refractivity contribution in [1.82, 2.24) is 14.7 Å². The van der Waals surface area contributed by atoms with Crippen LogP contribution in [-0.2, 0) is 0 Å². The minimum absolute atomic E-state index is 0.00405. The van der Waals surface area contributed by atoms with E-state index in [1.807, 2.05) is 36.4 Å². The Hall–Kier alpha value is -3.63. The summed E-state index contributed by atoms with van der Waals surface area (Å²) in [5, 5.41) is 13.7. The van der Waals surface area contributed by atoms with E-state index in [1.165, 1.54) is 0 Å². The zero-order valence-corrected chi connectivity index (χ0v) is 16.8. The van der Waals surface area contributed by atoms with Crippen molar-refractivity contribution in [3.63, 3.8) is 0 Å². The van der Waals surface area contributed by atoms with Gasteiger partial charge in [0.1, 0.15) is 5.75 Å². The predicted molar refractivity (Wildman–Crippen MR) is 113 cm³/mol. The number of amides is 1. The molecule has 1 aliphatic rings. The summed E-state index contributed by atoms with van der Waals surface area (Å²) in [6, 6.07) is 18.7. The Morgan fingerprint density at radius 3 is 2.57 bits per heavy atom. The quantitative estimate of drug-likeness (QED) is 0.725. The lowest BCUT2D eigenvalue weighted by atomic mass is 10.1. The molecule has 0 saturated carbocycles. The van der Waals surface area contributed by atoms with Crippen LogP contribution in [0.15, 0.2) is 54.6 Å². The minimum atomic E-state index is -0.118. The Morgan fingerprint density at radius 2 is 1.93 bits per heavy atom. The van der Waals surface area contributed by atoms with Crippen LogP contribution >= 0.6 is 0 Å². The molecule has 2 aromatic carbocycles. The van der Waals surface area contributed by atoms with E-state index in [4.69, 9.17) is 15.7 Å². The molecule has 0 aliphatic carbocycles. The van der Waals surface area contributed by atoms with Crippen molar-refractivity contribution >= 4 is 5.91 Å². The first-order valence-electron chi connectivity index (χ1n) is 9.89.